The van der Waals surface area contributed by atoms with Crippen molar-refractivity contribution in [3.8, 4) is 5.75 Å². The van der Waals surface area contributed by atoms with E-state index in [-0.39, 0.29) is 42.6 Å². The van der Waals surface area contributed by atoms with Gasteiger partial charge >= 0.3 is 0 Å². The van der Waals surface area contributed by atoms with E-state index < -0.39 is 47.8 Å². The molecule has 2 aromatic rings. The maximum Gasteiger partial charge on any atom is 0.255 e. The Balaban J connectivity index is 1.69. The molecule has 13 heteroatoms. The second kappa shape index (κ2) is 17.8. The predicted octanol–water partition coefficient (Wildman–Crippen LogP) is 1.07. The maximum atomic E-state index is 14.0. The summed E-state index contributed by atoms with van der Waals surface area (Å²) >= 11 is 0. The van der Waals surface area contributed by atoms with Gasteiger partial charge in [-0.1, -0.05) is 56.3 Å². The van der Waals surface area contributed by atoms with E-state index in [0.717, 1.165) is 12.1 Å². The number of benzene rings is 2. The lowest BCUT2D eigenvalue weighted by Gasteiger charge is -2.37. The first kappa shape index (κ1) is 37.3. The molecule has 0 aliphatic carbocycles. The molecule has 0 saturated carbocycles. The summed E-state index contributed by atoms with van der Waals surface area (Å²) in [7, 11) is 3.16. The van der Waals surface area contributed by atoms with Gasteiger partial charge in [-0.15, -0.1) is 0 Å². The number of carbonyl (C=O) groups excluding carboxylic acids is 5. The van der Waals surface area contributed by atoms with Gasteiger partial charge in [0.15, 0.2) is 0 Å². The monoisotopic (exact) mass is 678 g/mol. The van der Waals surface area contributed by atoms with Crippen LogP contribution in [-0.2, 0) is 30.3 Å². The Bertz CT molecular complexity index is 1450. The van der Waals surface area contributed by atoms with Crippen molar-refractivity contribution < 1.29 is 33.4 Å². The summed E-state index contributed by atoms with van der Waals surface area (Å²) in [4.78, 5) is 74.4. The van der Waals surface area contributed by atoms with Crippen molar-refractivity contribution in [2.45, 2.75) is 57.8 Å². The van der Waals surface area contributed by atoms with Crippen LogP contribution in [0.25, 0.3) is 0 Å². The highest BCUT2D eigenvalue weighted by atomic mass is 16.5. The minimum absolute atomic E-state index is 0.0440. The van der Waals surface area contributed by atoms with E-state index in [2.05, 4.69) is 20.9 Å². The van der Waals surface area contributed by atoms with Gasteiger partial charge in [0, 0.05) is 53.3 Å². The Morgan fingerprint density at radius 1 is 0.918 bits per heavy atom. The number of ether oxygens (including phenoxy) is 2. The number of para-hydroxylation sites is 1. The van der Waals surface area contributed by atoms with Gasteiger partial charge in [-0.05, 0) is 30.5 Å². The molecule has 1 saturated heterocycles. The largest absolute Gasteiger partial charge is 0.491 e. The lowest BCUT2D eigenvalue weighted by molar-refractivity contribution is -0.143. The van der Waals surface area contributed by atoms with Crippen LogP contribution in [0, 0.1) is 5.92 Å². The highest BCUT2D eigenvalue weighted by Crippen LogP contribution is 2.20. The number of piperazine rings is 1. The molecule has 0 radical (unpaired) electrons. The van der Waals surface area contributed by atoms with Crippen LogP contribution in [-0.4, -0.2) is 128 Å². The van der Waals surface area contributed by atoms with Gasteiger partial charge < -0.3 is 35.2 Å². The summed E-state index contributed by atoms with van der Waals surface area (Å²) in [5.74, 6) is -2.38. The SMILES string of the molecule is COCCN1CCN(C(=O)[C@@H]2CC(=O)N(C)[C@@H](Cc3ccccc3)C(=O)N[C@H](C(C)C)C(=O)N[C@@H](C)COc3ccccc3C(=O)N2)CC1. The van der Waals surface area contributed by atoms with Gasteiger partial charge in [-0.3, -0.25) is 28.9 Å². The summed E-state index contributed by atoms with van der Waals surface area (Å²) < 4.78 is 11.2. The van der Waals surface area contributed by atoms with Crippen LogP contribution in [0.4, 0.5) is 0 Å². The number of fused-ring (bicyclic) bond motifs is 1. The molecule has 13 nitrogen and oxygen atoms in total. The molecule has 2 aromatic carbocycles. The first-order chi connectivity index (χ1) is 23.5. The Morgan fingerprint density at radius 2 is 1.59 bits per heavy atom. The number of methoxy groups -OCH3 is 1. The quantitative estimate of drug-likeness (QED) is 0.394. The minimum Gasteiger partial charge on any atom is -0.491 e. The molecule has 0 aromatic heterocycles. The van der Waals surface area contributed by atoms with Crippen LogP contribution in [0.3, 0.4) is 0 Å². The van der Waals surface area contributed by atoms with Gasteiger partial charge in [-0.2, -0.15) is 0 Å². The fourth-order valence-corrected chi connectivity index (χ4v) is 5.96. The van der Waals surface area contributed by atoms with Crippen molar-refractivity contribution in [2.24, 2.45) is 5.92 Å². The molecule has 0 unspecified atom stereocenters. The van der Waals surface area contributed by atoms with E-state index in [4.69, 9.17) is 9.47 Å². The van der Waals surface area contributed by atoms with E-state index in [1.54, 1.807) is 43.2 Å². The van der Waals surface area contributed by atoms with Crippen LogP contribution in [0.2, 0.25) is 0 Å². The Hall–Kier alpha value is -4.49. The van der Waals surface area contributed by atoms with Crippen molar-refractivity contribution in [1.29, 1.82) is 0 Å². The third-order valence-corrected chi connectivity index (χ3v) is 8.97. The molecule has 49 heavy (non-hydrogen) atoms. The Morgan fingerprint density at radius 3 is 2.27 bits per heavy atom. The number of hydrogen-bond acceptors (Lipinski definition) is 8. The molecule has 3 N–H and O–H groups in total. The number of nitrogens with one attached hydrogen (secondary N) is 3. The molecule has 4 rings (SSSR count). The maximum absolute atomic E-state index is 14.0. The zero-order valence-electron chi connectivity index (χ0n) is 29.1. The summed E-state index contributed by atoms with van der Waals surface area (Å²) in [6.45, 7) is 8.88. The van der Waals surface area contributed by atoms with Gasteiger partial charge in [0.25, 0.3) is 5.91 Å². The van der Waals surface area contributed by atoms with E-state index in [1.165, 1.54) is 11.9 Å². The standard InChI is InChI=1S/C36H50N6O7/c1-24(2)32-35(46)37-25(3)23-49-30-14-10-9-13-27(30)33(44)38-28(36(47)42-17-15-41(16-18-42)19-20-48-5)22-31(43)40(4)29(34(45)39-32)21-26-11-7-6-8-12-26/h6-14,24-25,28-29,32H,15-23H2,1-5H3,(H,37,46)(H,38,44)(H,39,45)/t25-,28-,29-,32+/m0/s1. The molecule has 4 atom stereocenters. The van der Waals surface area contributed by atoms with Crippen molar-refractivity contribution in [2.75, 3.05) is 60.1 Å². The molecule has 2 aliphatic rings. The number of likely N-dealkylation sites (N-methyl/N-ethyl adjacent to an activating group) is 1. The number of amides is 5. The average Bonchev–Trinajstić information content (AvgIpc) is 3.10. The highest BCUT2D eigenvalue weighted by molar-refractivity contribution is 6.01. The van der Waals surface area contributed by atoms with Gasteiger partial charge in [-0.25, -0.2) is 0 Å². The molecule has 0 spiro atoms. The first-order valence-electron chi connectivity index (χ1n) is 16.9. The van der Waals surface area contributed by atoms with Gasteiger partial charge in [0.05, 0.1) is 24.6 Å². The van der Waals surface area contributed by atoms with Gasteiger partial charge in [0.1, 0.15) is 30.5 Å². The fourth-order valence-electron chi connectivity index (χ4n) is 5.96. The van der Waals surface area contributed by atoms with E-state index in [1.807, 2.05) is 44.2 Å². The van der Waals surface area contributed by atoms with E-state index in [9.17, 15) is 24.0 Å². The van der Waals surface area contributed by atoms with Crippen LogP contribution < -0.4 is 20.7 Å². The second-order valence-corrected chi connectivity index (χ2v) is 13.0. The normalized spacial score (nSPS) is 23.6. The molecule has 1 fully saturated rings. The van der Waals surface area contributed by atoms with Gasteiger partial charge in [0.2, 0.25) is 23.6 Å². The smallest absolute Gasteiger partial charge is 0.255 e. The third kappa shape index (κ3) is 10.3. The topological polar surface area (TPSA) is 150 Å². The first-order valence-corrected chi connectivity index (χ1v) is 16.9. The van der Waals surface area contributed by atoms with Crippen LogP contribution in [0.5, 0.6) is 5.75 Å². The highest BCUT2D eigenvalue weighted by Gasteiger charge is 2.36. The van der Waals surface area contributed by atoms with Crippen LogP contribution in [0.1, 0.15) is 43.1 Å². The van der Waals surface area contributed by atoms with E-state index in [0.29, 0.717) is 32.8 Å². The number of rotatable bonds is 7. The molecule has 5 amide bonds. The molecule has 0 bridgehead atoms. The summed E-state index contributed by atoms with van der Waals surface area (Å²) in [6.07, 6.45) is -0.203. The number of nitrogens with zero attached hydrogens (tertiary/aromatic N) is 3. The minimum atomic E-state index is -1.21. The van der Waals surface area contributed by atoms with Crippen LogP contribution >= 0.6 is 0 Å². The van der Waals surface area contributed by atoms with Crippen molar-refractivity contribution in [3.63, 3.8) is 0 Å². The lowest BCUT2D eigenvalue weighted by atomic mass is 9.99. The van der Waals surface area contributed by atoms with Crippen LogP contribution in [0.15, 0.2) is 54.6 Å². The molecule has 2 aliphatic heterocycles. The lowest BCUT2D eigenvalue weighted by Crippen LogP contribution is -2.58. The summed E-state index contributed by atoms with van der Waals surface area (Å²) in [6, 6.07) is 12.3. The second-order valence-electron chi connectivity index (χ2n) is 13.0. The van der Waals surface area contributed by atoms with Crippen molar-refractivity contribution >= 4 is 29.5 Å². The third-order valence-electron chi connectivity index (χ3n) is 8.97. The number of hydrogen-bond donors (Lipinski definition) is 3. The zero-order valence-corrected chi connectivity index (χ0v) is 29.1. The molecular formula is C36H50N6O7. The predicted molar refractivity (Wildman–Crippen MR) is 184 cm³/mol. The van der Waals surface area contributed by atoms with Crippen molar-refractivity contribution in [3.05, 3.63) is 65.7 Å². The fraction of sp³-hybridized carbons (Fsp3) is 0.528. The average molecular weight is 679 g/mol. The van der Waals surface area contributed by atoms with Crippen molar-refractivity contribution in [1.82, 2.24) is 30.7 Å². The molecular weight excluding hydrogens is 628 g/mol. The Labute approximate surface area is 288 Å². The molecule has 2 heterocycles. The Kier molecular flexibility index (Phi) is 13.5. The van der Waals surface area contributed by atoms with E-state index >= 15 is 0 Å². The summed E-state index contributed by atoms with van der Waals surface area (Å²) in [5, 5.41) is 8.61. The molecule has 266 valence electrons. The number of carbonyl (C=O) groups is 5. The zero-order chi connectivity index (χ0) is 35.5. The summed E-state index contributed by atoms with van der Waals surface area (Å²) in [5.41, 5.74) is 1.00.